The molecule has 0 amide bonds. The van der Waals surface area contributed by atoms with E-state index in [2.05, 4.69) is 4.13 Å². The Morgan fingerprint density at radius 3 is 1.15 bits per heavy atom. The van der Waals surface area contributed by atoms with Gasteiger partial charge in [0, 0.05) is 0 Å². The Hall–Kier alpha value is -2.74. The van der Waals surface area contributed by atoms with Gasteiger partial charge in [0.15, 0.2) is 0 Å². The molecule has 1 N–H and O–H groups in total. The van der Waals surface area contributed by atoms with E-state index in [1.807, 2.05) is 118 Å². The molecule has 220 valence electrons. The Labute approximate surface area is 246 Å². The summed E-state index contributed by atoms with van der Waals surface area (Å²) in [5, 5.41) is 3.54. The van der Waals surface area contributed by atoms with E-state index >= 15 is 0 Å². The van der Waals surface area contributed by atoms with Crippen LogP contribution in [0.15, 0.2) is 58.3 Å². The van der Waals surface area contributed by atoms with Crippen LogP contribution in [0.25, 0.3) is 21.5 Å². The van der Waals surface area contributed by atoms with E-state index in [0.717, 1.165) is 32.7 Å². The summed E-state index contributed by atoms with van der Waals surface area (Å²) >= 11 is 0. The summed E-state index contributed by atoms with van der Waals surface area (Å²) in [5.74, 6) is -0.606. The van der Waals surface area contributed by atoms with Crippen LogP contribution in [-0.2, 0) is 20.0 Å². The molecule has 0 radical (unpaired) electrons. The van der Waals surface area contributed by atoms with Crippen LogP contribution < -0.4 is 4.13 Å². The average Bonchev–Trinajstić information content (AvgIpc) is 2.84. The molecule has 0 spiro atoms. The molecule has 0 unspecified atom stereocenters. The van der Waals surface area contributed by atoms with E-state index in [0.29, 0.717) is 22.3 Å². The van der Waals surface area contributed by atoms with Crippen molar-refractivity contribution >= 4 is 41.6 Å². The molecule has 5 nitrogen and oxygen atoms in total. The lowest BCUT2D eigenvalue weighted by atomic mass is 9.89. The van der Waals surface area contributed by atoms with Crippen molar-refractivity contribution in [2.75, 3.05) is 0 Å². The molecule has 0 saturated carbocycles. The normalized spacial score (nSPS) is 13.0. The number of aryl methyl sites for hydroxylation is 2. The highest BCUT2D eigenvalue weighted by molar-refractivity contribution is 8.04. The van der Waals surface area contributed by atoms with Crippen molar-refractivity contribution in [3.63, 3.8) is 0 Å². The maximum absolute atomic E-state index is 14.4. The summed E-state index contributed by atoms with van der Waals surface area (Å²) in [6.45, 7) is 19.6. The van der Waals surface area contributed by atoms with Crippen LogP contribution in [0.5, 0.6) is 0 Å². The van der Waals surface area contributed by atoms with Crippen LogP contribution in [0.1, 0.15) is 112 Å². The largest absolute Gasteiger partial charge is 0.254 e. The molecule has 0 heterocycles. The molecule has 0 aromatic heterocycles. The Morgan fingerprint density at radius 2 is 0.854 bits per heavy atom. The fourth-order valence-electron chi connectivity index (χ4n) is 5.95. The van der Waals surface area contributed by atoms with Gasteiger partial charge >= 0.3 is 0 Å². The van der Waals surface area contributed by atoms with Crippen LogP contribution in [-0.4, -0.2) is 16.8 Å². The molecule has 4 rings (SSSR count). The smallest absolute Gasteiger partial charge is 0.206 e. The number of nitrogens with one attached hydrogen (secondary N) is 1. The van der Waals surface area contributed by atoms with Gasteiger partial charge in [-0.25, -0.2) is 16.8 Å². The van der Waals surface area contributed by atoms with Gasteiger partial charge in [0.2, 0.25) is 0 Å². The fraction of sp³-hybridized carbons (Fsp3) is 0.412. The van der Waals surface area contributed by atoms with Crippen molar-refractivity contribution in [1.82, 2.24) is 4.13 Å². The van der Waals surface area contributed by atoms with Crippen molar-refractivity contribution < 1.29 is 16.8 Å². The molecule has 0 aliphatic heterocycles. The first kappa shape index (κ1) is 31.2. The zero-order valence-corrected chi connectivity index (χ0v) is 27.5. The van der Waals surface area contributed by atoms with Gasteiger partial charge in [-0.1, -0.05) is 103 Å². The second-order valence-electron chi connectivity index (χ2n) is 12.6. The van der Waals surface area contributed by atoms with Crippen LogP contribution in [0.4, 0.5) is 0 Å². The van der Waals surface area contributed by atoms with Crippen LogP contribution >= 0.6 is 0 Å². The first-order chi connectivity index (χ1) is 19.0. The minimum Gasteiger partial charge on any atom is -0.206 e. The maximum Gasteiger partial charge on any atom is 0.254 e. The third kappa shape index (κ3) is 5.81. The van der Waals surface area contributed by atoms with Gasteiger partial charge in [0.25, 0.3) is 20.0 Å². The molecule has 0 aliphatic carbocycles. The number of fused-ring (bicyclic) bond motifs is 2. The number of sulfonamides is 2. The molecule has 0 fully saturated rings. The van der Waals surface area contributed by atoms with Crippen molar-refractivity contribution in [2.24, 2.45) is 0 Å². The molecule has 4 aromatic carbocycles. The first-order valence-corrected chi connectivity index (χ1v) is 17.4. The highest BCUT2D eigenvalue weighted by Crippen LogP contribution is 2.41. The number of rotatable bonds is 8. The summed E-state index contributed by atoms with van der Waals surface area (Å²) in [7, 11) is -9.00. The summed E-state index contributed by atoms with van der Waals surface area (Å²) < 4.78 is 59.7. The van der Waals surface area contributed by atoms with Gasteiger partial charge in [-0.2, -0.15) is 0 Å². The predicted octanol–water partition coefficient (Wildman–Crippen LogP) is 8.77. The van der Waals surface area contributed by atoms with E-state index in [9.17, 15) is 16.8 Å². The van der Waals surface area contributed by atoms with E-state index in [1.54, 1.807) is 0 Å². The van der Waals surface area contributed by atoms with Crippen molar-refractivity contribution in [2.45, 2.75) is 103 Å². The standard InChI is InChI=1S/C34H43NO4S2/c1-19(2)29-17-25-15-23(9)11-13-27(25)31(21(5)6)33(29)40(36,37)35-41(38,39)34-30(20(3)4)18-26-16-24(10)12-14-28(26)32(34)22(7)8/h11-22,35H,1-10H3. The van der Waals surface area contributed by atoms with E-state index in [-0.39, 0.29) is 33.5 Å². The lowest BCUT2D eigenvalue weighted by molar-refractivity contribution is 0.571. The van der Waals surface area contributed by atoms with Gasteiger partial charge in [-0.05, 0) is 93.5 Å². The fourth-order valence-corrected chi connectivity index (χ4v) is 10.2. The van der Waals surface area contributed by atoms with Gasteiger partial charge < -0.3 is 0 Å². The minimum atomic E-state index is -4.50. The molecule has 0 atom stereocenters. The zero-order chi connectivity index (χ0) is 30.6. The third-order valence-electron chi connectivity index (χ3n) is 7.79. The summed E-state index contributed by atoms with van der Waals surface area (Å²) in [6, 6.07) is 15.7. The van der Waals surface area contributed by atoms with Gasteiger partial charge in [0.1, 0.15) is 0 Å². The molecule has 41 heavy (non-hydrogen) atoms. The molecule has 7 heteroatoms. The second-order valence-corrected chi connectivity index (χ2v) is 16.1. The Balaban J connectivity index is 2.05. The second kappa shape index (κ2) is 11.2. The van der Waals surface area contributed by atoms with Crippen molar-refractivity contribution in [3.8, 4) is 0 Å². The number of hydrogen-bond donors (Lipinski definition) is 1. The zero-order valence-electron chi connectivity index (χ0n) is 25.9. The quantitative estimate of drug-likeness (QED) is 0.221. The topological polar surface area (TPSA) is 80.3 Å². The first-order valence-electron chi connectivity index (χ1n) is 14.4. The maximum atomic E-state index is 14.4. The molecule has 0 saturated heterocycles. The summed E-state index contributed by atoms with van der Waals surface area (Å²) in [6.07, 6.45) is 0. The Bertz CT molecular complexity index is 1730. The minimum absolute atomic E-state index is 0.0658. The van der Waals surface area contributed by atoms with Crippen molar-refractivity contribution in [3.05, 3.63) is 81.9 Å². The van der Waals surface area contributed by atoms with E-state index in [1.165, 1.54) is 0 Å². The highest BCUT2D eigenvalue weighted by Gasteiger charge is 2.35. The summed E-state index contributed by atoms with van der Waals surface area (Å²) in [4.78, 5) is 0.132. The van der Waals surface area contributed by atoms with Crippen molar-refractivity contribution in [1.29, 1.82) is 0 Å². The van der Waals surface area contributed by atoms with Gasteiger partial charge in [0.05, 0.1) is 9.79 Å². The SMILES string of the molecule is Cc1ccc2c(C(C)C)c(S(=O)(=O)NS(=O)(=O)c3c(C(C)C)cc4cc(C)ccc4c3C(C)C)c(C(C)C)cc2c1. The third-order valence-corrected chi connectivity index (χ3v) is 11.5. The molecule has 0 bridgehead atoms. The average molecular weight is 594 g/mol. The molecule has 0 aliphatic rings. The monoisotopic (exact) mass is 593 g/mol. The molecular formula is C34H43NO4S2. The van der Waals surface area contributed by atoms with Crippen LogP contribution in [0, 0.1) is 13.8 Å². The summed E-state index contributed by atoms with van der Waals surface area (Å²) in [5.41, 5.74) is 4.64. The van der Waals surface area contributed by atoms with Gasteiger partial charge in [-0.15, -0.1) is 4.13 Å². The highest BCUT2D eigenvalue weighted by atomic mass is 32.3. The van der Waals surface area contributed by atoms with Crippen LogP contribution in [0.3, 0.4) is 0 Å². The Morgan fingerprint density at radius 1 is 0.512 bits per heavy atom. The lowest BCUT2D eigenvalue weighted by Crippen LogP contribution is -2.34. The Kier molecular flexibility index (Phi) is 8.49. The molecular weight excluding hydrogens is 551 g/mol. The lowest BCUT2D eigenvalue weighted by Gasteiger charge is -2.25. The van der Waals surface area contributed by atoms with Crippen LogP contribution in [0.2, 0.25) is 0 Å². The van der Waals surface area contributed by atoms with Gasteiger partial charge in [-0.3, -0.25) is 0 Å². The predicted molar refractivity (Wildman–Crippen MR) is 171 cm³/mol. The molecule has 4 aromatic rings. The number of hydrogen-bond acceptors (Lipinski definition) is 4. The number of benzene rings is 4. The van der Waals surface area contributed by atoms with E-state index < -0.39 is 20.0 Å². The van der Waals surface area contributed by atoms with E-state index in [4.69, 9.17) is 0 Å².